The van der Waals surface area contributed by atoms with Gasteiger partial charge in [0.2, 0.25) is 0 Å². The monoisotopic (exact) mass is 312 g/mol. The van der Waals surface area contributed by atoms with Crippen LogP contribution in [0.1, 0.15) is 23.0 Å². The summed E-state index contributed by atoms with van der Waals surface area (Å²) in [6, 6.07) is 4.39. The van der Waals surface area contributed by atoms with Gasteiger partial charge in [-0.15, -0.1) is 11.3 Å². The van der Waals surface area contributed by atoms with Crippen LogP contribution in [-0.2, 0) is 0 Å². The van der Waals surface area contributed by atoms with Crippen molar-refractivity contribution in [2.45, 2.75) is 18.6 Å². The molecule has 1 aromatic carbocycles. The largest absolute Gasteiger partial charge is 0.397 e. The predicted octanol–water partition coefficient (Wildman–Crippen LogP) is 3.49. The Hall–Kier alpha value is -1.27. The maximum atomic E-state index is 13.2. The molecule has 1 heterocycles. The van der Waals surface area contributed by atoms with Gasteiger partial charge in [-0.25, -0.2) is 4.39 Å². The highest BCUT2D eigenvalue weighted by molar-refractivity contribution is 7.99. The lowest BCUT2D eigenvalue weighted by Crippen LogP contribution is -2.25. The summed E-state index contributed by atoms with van der Waals surface area (Å²) in [6.45, 7) is 2.73. The van der Waals surface area contributed by atoms with Crippen LogP contribution in [0.2, 0.25) is 0 Å². The molecule has 2 aromatic rings. The maximum Gasteiger partial charge on any atom is 0.263 e. The van der Waals surface area contributed by atoms with Gasteiger partial charge in [0.15, 0.2) is 0 Å². The van der Waals surface area contributed by atoms with E-state index in [-0.39, 0.29) is 11.7 Å². The number of hydrogen-bond donors (Lipinski definition) is 2. The number of halogens is 1. The lowest BCUT2D eigenvalue weighted by atomic mass is 10.2. The number of carbonyl (C=O) groups is 1. The van der Waals surface area contributed by atoms with Gasteiger partial charge < -0.3 is 11.1 Å². The first kappa shape index (κ1) is 15.1. The van der Waals surface area contributed by atoms with E-state index in [1.165, 1.54) is 23.5 Å². The van der Waals surface area contributed by atoms with Gasteiger partial charge >= 0.3 is 0 Å². The number of anilines is 1. The summed E-state index contributed by atoms with van der Waals surface area (Å²) < 4.78 is 14.0. The van der Waals surface area contributed by atoms with Gasteiger partial charge in [-0.1, -0.05) is 6.92 Å². The smallest absolute Gasteiger partial charge is 0.263 e. The molecule has 0 radical (unpaired) electrons. The zero-order chi connectivity index (χ0) is 14.7. The minimum atomic E-state index is -0.345. The van der Waals surface area contributed by atoms with Gasteiger partial charge in [0.1, 0.15) is 10.7 Å². The van der Waals surface area contributed by atoms with Gasteiger partial charge in [-0.05, 0) is 30.9 Å². The molecule has 1 amide bonds. The van der Waals surface area contributed by atoms with E-state index in [4.69, 9.17) is 5.73 Å². The van der Waals surface area contributed by atoms with Crippen LogP contribution in [0.25, 0.3) is 10.1 Å². The molecule has 1 aromatic heterocycles. The fourth-order valence-electron chi connectivity index (χ4n) is 1.84. The summed E-state index contributed by atoms with van der Waals surface area (Å²) in [4.78, 5) is 12.6. The fourth-order valence-corrected chi connectivity index (χ4v) is 3.22. The third-order valence-corrected chi connectivity index (χ3v) is 5.36. The number of rotatable bonds is 5. The molecular formula is C14H17FN2OS2. The normalized spacial score (nSPS) is 12.6. The van der Waals surface area contributed by atoms with Crippen LogP contribution >= 0.6 is 23.1 Å². The highest BCUT2D eigenvalue weighted by Crippen LogP contribution is 2.33. The molecule has 3 N–H and O–H groups in total. The number of nitrogens with one attached hydrogen (secondary N) is 1. The van der Waals surface area contributed by atoms with Crippen LogP contribution in [0.15, 0.2) is 18.2 Å². The van der Waals surface area contributed by atoms with E-state index in [1.807, 2.05) is 6.26 Å². The molecule has 0 bridgehead atoms. The SMILES string of the molecule is CSC(C)CCNC(=O)c1sc2ccc(F)cc2c1N. The number of thioether (sulfide) groups is 1. The highest BCUT2D eigenvalue weighted by atomic mass is 32.2. The Morgan fingerprint density at radius 3 is 3.00 bits per heavy atom. The number of benzene rings is 1. The third-order valence-electron chi connectivity index (χ3n) is 3.13. The summed E-state index contributed by atoms with van der Waals surface area (Å²) in [6.07, 6.45) is 2.96. The molecule has 6 heteroatoms. The van der Waals surface area contributed by atoms with Crippen molar-refractivity contribution in [2.24, 2.45) is 0 Å². The molecule has 0 saturated heterocycles. The highest BCUT2D eigenvalue weighted by Gasteiger charge is 2.16. The van der Waals surface area contributed by atoms with Crippen molar-refractivity contribution < 1.29 is 9.18 Å². The summed E-state index contributed by atoms with van der Waals surface area (Å²) >= 11 is 3.06. The van der Waals surface area contributed by atoms with Crippen LogP contribution in [0.3, 0.4) is 0 Å². The summed E-state index contributed by atoms with van der Waals surface area (Å²) in [5, 5.41) is 3.98. The lowest BCUT2D eigenvalue weighted by molar-refractivity contribution is 0.0958. The average Bonchev–Trinajstić information content (AvgIpc) is 2.75. The van der Waals surface area contributed by atoms with Gasteiger partial charge in [-0.2, -0.15) is 11.8 Å². The standard InChI is InChI=1S/C14H17FN2OS2/c1-8(19-2)5-6-17-14(18)13-12(16)10-7-9(15)3-4-11(10)20-13/h3-4,7-8H,5-6,16H2,1-2H3,(H,17,18). The summed E-state index contributed by atoms with van der Waals surface area (Å²) in [5.41, 5.74) is 6.31. The molecule has 1 unspecified atom stereocenters. The maximum absolute atomic E-state index is 13.2. The Bertz CT molecular complexity index is 627. The zero-order valence-electron chi connectivity index (χ0n) is 11.4. The topological polar surface area (TPSA) is 55.1 Å². The second kappa shape index (κ2) is 6.45. The van der Waals surface area contributed by atoms with E-state index in [9.17, 15) is 9.18 Å². The molecule has 1 atom stereocenters. The first-order valence-electron chi connectivity index (χ1n) is 6.31. The Balaban J connectivity index is 2.12. The van der Waals surface area contributed by atoms with Crippen molar-refractivity contribution >= 4 is 44.8 Å². The molecule has 0 aliphatic rings. The molecule has 20 heavy (non-hydrogen) atoms. The van der Waals surface area contributed by atoms with E-state index >= 15 is 0 Å². The number of nitrogens with two attached hydrogens (primary N) is 1. The third kappa shape index (κ3) is 3.24. The molecule has 0 spiro atoms. The van der Waals surface area contributed by atoms with Gasteiger partial charge in [-0.3, -0.25) is 4.79 Å². The van der Waals surface area contributed by atoms with Crippen molar-refractivity contribution in [3.63, 3.8) is 0 Å². The minimum absolute atomic E-state index is 0.183. The lowest BCUT2D eigenvalue weighted by Gasteiger charge is -2.08. The predicted molar refractivity (Wildman–Crippen MR) is 86.1 cm³/mol. The Morgan fingerprint density at radius 2 is 2.30 bits per heavy atom. The van der Waals surface area contributed by atoms with Crippen LogP contribution in [0.4, 0.5) is 10.1 Å². The molecule has 0 aliphatic carbocycles. The number of nitrogen functional groups attached to an aromatic ring is 1. The van der Waals surface area contributed by atoms with Crippen LogP contribution < -0.4 is 11.1 Å². The number of fused-ring (bicyclic) bond motifs is 1. The van der Waals surface area contributed by atoms with Crippen LogP contribution in [0.5, 0.6) is 0 Å². The van der Waals surface area contributed by atoms with Crippen molar-refractivity contribution in [1.82, 2.24) is 5.32 Å². The summed E-state index contributed by atoms with van der Waals surface area (Å²) in [7, 11) is 0. The van der Waals surface area contributed by atoms with Gasteiger partial charge in [0.25, 0.3) is 5.91 Å². The molecular weight excluding hydrogens is 295 g/mol. The second-order valence-electron chi connectivity index (χ2n) is 4.58. The van der Waals surface area contributed by atoms with E-state index in [0.29, 0.717) is 27.7 Å². The zero-order valence-corrected chi connectivity index (χ0v) is 13.0. The minimum Gasteiger partial charge on any atom is -0.397 e. The van der Waals surface area contributed by atoms with Crippen molar-refractivity contribution in [1.29, 1.82) is 0 Å². The van der Waals surface area contributed by atoms with Crippen LogP contribution in [0, 0.1) is 5.82 Å². The first-order chi connectivity index (χ1) is 9.52. The number of amides is 1. The van der Waals surface area contributed by atoms with Gasteiger partial charge in [0, 0.05) is 21.9 Å². The molecule has 0 saturated carbocycles. The number of hydrogen-bond acceptors (Lipinski definition) is 4. The Labute approximate surface area is 125 Å². The Kier molecular flexibility index (Phi) is 4.88. The number of carbonyl (C=O) groups excluding carboxylic acids is 1. The van der Waals surface area contributed by atoms with Crippen molar-refractivity contribution in [3.8, 4) is 0 Å². The molecule has 3 nitrogen and oxygen atoms in total. The van der Waals surface area contributed by atoms with Crippen molar-refractivity contribution in [2.75, 3.05) is 18.5 Å². The van der Waals surface area contributed by atoms with Crippen molar-refractivity contribution in [3.05, 3.63) is 28.9 Å². The molecule has 108 valence electrons. The summed E-state index contributed by atoms with van der Waals surface area (Å²) in [5.74, 6) is -0.528. The first-order valence-corrected chi connectivity index (χ1v) is 8.42. The molecule has 0 fully saturated rings. The second-order valence-corrected chi connectivity index (χ2v) is 6.90. The average molecular weight is 312 g/mol. The molecule has 2 rings (SSSR count). The van der Waals surface area contributed by atoms with Gasteiger partial charge in [0.05, 0.1) is 5.69 Å². The van der Waals surface area contributed by atoms with E-state index in [1.54, 1.807) is 17.8 Å². The van der Waals surface area contributed by atoms with Crippen LogP contribution in [-0.4, -0.2) is 24.0 Å². The quantitative estimate of drug-likeness (QED) is 0.888. The fraction of sp³-hybridized carbons (Fsp3) is 0.357. The van der Waals surface area contributed by atoms with E-state index in [2.05, 4.69) is 12.2 Å². The van der Waals surface area contributed by atoms with E-state index < -0.39 is 0 Å². The Morgan fingerprint density at radius 1 is 1.55 bits per heavy atom. The van der Waals surface area contributed by atoms with E-state index in [0.717, 1.165) is 11.1 Å². The number of thiophene rings is 1. The molecule has 0 aliphatic heterocycles.